The summed E-state index contributed by atoms with van der Waals surface area (Å²) < 4.78 is 1.76. The number of fused-ring (bicyclic) bond motifs is 1. The summed E-state index contributed by atoms with van der Waals surface area (Å²) >= 11 is 0. The number of H-pyrrole nitrogens is 1. The van der Waals surface area contributed by atoms with E-state index in [1.165, 1.54) is 0 Å². The third kappa shape index (κ3) is 2.53. The van der Waals surface area contributed by atoms with Crippen LogP contribution < -0.4 is 5.56 Å². The van der Waals surface area contributed by atoms with Gasteiger partial charge in [0.1, 0.15) is 6.33 Å². The normalized spacial score (nSPS) is 11.3. The van der Waals surface area contributed by atoms with E-state index in [9.17, 15) is 4.79 Å². The second kappa shape index (κ2) is 5.20. The highest BCUT2D eigenvalue weighted by Gasteiger charge is 2.10. The number of hydrogen-bond donors (Lipinski definition) is 1. The van der Waals surface area contributed by atoms with Crippen molar-refractivity contribution in [3.63, 3.8) is 0 Å². The fraction of sp³-hybridized carbons (Fsp3) is 0.143. The first-order valence-corrected chi connectivity index (χ1v) is 6.38. The van der Waals surface area contributed by atoms with Crippen LogP contribution in [0.3, 0.4) is 0 Å². The quantitative estimate of drug-likeness (QED) is 0.580. The van der Waals surface area contributed by atoms with Gasteiger partial charge in [0.15, 0.2) is 11.2 Å². The molecule has 21 heavy (non-hydrogen) atoms. The molecule has 0 bridgehead atoms. The number of hydrogen-bond acceptors (Lipinski definition) is 4. The first kappa shape index (κ1) is 13.0. The summed E-state index contributed by atoms with van der Waals surface area (Å²) in [5.74, 6) is 0.249. The van der Waals surface area contributed by atoms with Gasteiger partial charge in [-0.1, -0.05) is 18.2 Å². The molecule has 0 aliphatic carbocycles. The third-order valence-electron chi connectivity index (χ3n) is 2.84. The first-order chi connectivity index (χ1) is 10.1. The van der Waals surface area contributed by atoms with Crippen molar-refractivity contribution in [3.8, 4) is 5.69 Å². The van der Waals surface area contributed by atoms with Crippen molar-refractivity contribution in [2.75, 3.05) is 14.1 Å². The predicted octanol–water partition coefficient (Wildman–Crippen LogP) is 1.33. The van der Waals surface area contributed by atoms with Crippen molar-refractivity contribution in [2.45, 2.75) is 0 Å². The minimum absolute atomic E-state index is 0.249. The van der Waals surface area contributed by atoms with E-state index < -0.39 is 0 Å². The van der Waals surface area contributed by atoms with Crippen LogP contribution in [0, 0.1) is 0 Å². The predicted molar refractivity (Wildman–Crippen MR) is 81.3 cm³/mol. The van der Waals surface area contributed by atoms with E-state index in [4.69, 9.17) is 0 Å². The Kier molecular flexibility index (Phi) is 3.23. The Morgan fingerprint density at radius 3 is 2.76 bits per heavy atom. The second-order valence-electron chi connectivity index (χ2n) is 4.72. The molecular formula is C14H14N6O. The molecule has 106 valence electrons. The zero-order valence-electron chi connectivity index (χ0n) is 11.7. The van der Waals surface area contributed by atoms with Gasteiger partial charge in [0, 0.05) is 19.8 Å². The molecule has 0 aliphatic rings. The van der Waals surface area contributed by atoms with Gasteiger partial charge in [-0.3, -0.25) is 14.3 Å². The lowest BCUT2D eigenvalue weighted by Crippen LogP contribution is -2.10. The number of aromatic amines is 1. The van der Waals surface area contributed by atoms with Crippen molar-refractivity contribution in [2.24, 2.45) is 4.99 Å². The number of imidazole rings is 1. The van der Waals surface area contributed by atoms with Crippen LogP contribution in [0.2, 0.25) is 0 Å². The molecule has 0 atom stereocenters. The van der Waals surface area contributed by atoms with Crippen molar-refractivity contribution < 1.29 is 0 Å². The lowest BCUT2D eigenvalue weighted by molar-refractivity contribution is 0.642. The Hall–Kier alpha value is -2.96. The Morgan fingerprint density at radius 2 is 2.05 bits per heavy atom. The summed E-state index contributed by atoms with van der Waals surface area (Å²) in [5, 5.41) is 0. The summed E-state index contributed by atoms with van der Waals surface area (Å²) in [6.45, 7) is 0. The molecule has 3 rings (SSSR count). The van der Waals surface area contributed by atoms with E-state index >= 15 is 0 Å². The molecule has 0 aliphatic heterocycles. The van der Waals surface area contributed by atoms with Gasteiger partial charge in [0.25, 0.3) is 5.56 Å². The largest absolute Gasteiger partial charge is 0.369 e. The molecule has 7 heteroatoms. The highest BCUT2D eigenvalue weighted by Crippen LogP contribution is 2.15. The molecule has 1 N–H and O–H groups in total. The SMILES string of the molecule is CN(C)/C=N/c1nc2c(ncn2-c2ccccc2)c(=O)[nH]1. The highest BCUT2D eigenvalue weighted by atomic mass is 16.1. The van der Waals surface area contributed by atoms with Crippen molar-refractivity contribution in [3.05, 3.63) is 47.0 Å². The Bertz CT molecular complexity index is 847. The average molecular weight is 282 g/mol. The molecule has 3 aromatic rings. The molecule has 7 nitrogen and oxygen atoms in total. The minimum Gasteiger partial charge on any atom is -0.369 e. The van der Waals surface area contributed by atoms with Crippen molar-refractivity contribution in [1.82, 2.24) is 24.4 Å². The standard InChI is InChI=1S/C14H14N6O/c1-19(2)8-16-14-17-12-11(13(21)18-14)15-9-20(12)10-6-4-3-5-7-10/h3-9H,1-2H3,(H,17,18,21)/b16-8+. The minimum atomic E-state index is -0.305. The van der Waals surface area contributed by atoms with Gasteiger partial charge in [0.05, 0.1) is 6.34 Å². The van der Waals surface area contributed by atoms with Gasteiger partial charge in [-0.25, -0.2) is 9.98 Å². The Balaban J connectivity index is 2.18. The topological polar surface area (TPSA) is 79.2 Å². The molecule has 0 spiro atoms. The maximum Gasteiger partial charge on any atom is 0.280 e. The number of aromatic nitrogens is 4. The summed E-state index contributed by atoms with van der Waals surface area (Å²) in [4.78, 5) is 29.0. The van der Waals surface area contributed by atoms with Crippen LogP contribution in [0.4, 0.5) is 5.95 Å². The van der Waals surface area contributed by atoms with Gasteiger partial charge in [-0.05, 0) is 12.1 Å². The van der Waals surface area contributed by atoms with Crippen LogP contribution in [-0.2, 0) is 0 Å². The maximum absolute atomic E-state index is 12.0. The Morgan fingerprint density at radius 1 is 1.29 bits per heavy atom. The molecule has 0 unspecified atom stereocenters. The lowest BCUT2D eigenvalue weighted by Gasteiger charge is -2.04. The van der Waals surface area contributed by atoms with Crippen LogP contribution in [-0.4, -0.2) is 44.9 Å². The maximum atomic E-state index is 12.0. The summed E-state index contributed by atoms with van der Waals surface area (Å²) in [6.07, 6.45) is 3.16. The molecule has 0 radical (unpaired) electrons. The average Bonchev–Trinajstić information content (AvgIpc) is 2.90. The molecule has 0 fully saturated rings. The van der Waals surface area contributed by atoms with E-state index in [1.54, 1.807) is 22.1 Å². The first-order valence-electron chi connectivity index (χ1n) is 6.38. The third-order valence-corrected chi connectivity index (χ3v) is 2.84. The van der Waals surface area contributed by atoms with Crippen molar-refractivity contribution in [1.29, 1.82) is 0 Å². The van der Waals surface area contributed by atoms with Gasteiger partial charge in [0.2, 0.25) is 5.95 Å². The van der Waals surface area contributed by atoms with E-state index in [-0.39, 0.29) is 11.5 Å². The number of rotatable bonds is 3. The highest BCUT2D eigenvalue weighted by molar-refractivity contribution is 5.73. The van der Waals surface area contributed by atoms with Crippen molar-refractivity contribution >= 4 is 23.5 Å². The zero-order valence-corrected chi connectivity index (χ0v) is 11.7. The van der Waals surface area contributed by atoms with Gasteiger partial charge in [-0.15, -0.1) is 0 Å². The van der Waals surface area contributed by atoms with Crippen LogP contribution in [0.1, 0.15) is 0 Å². The number of para-hydroxylation sites is 1. The lowest BCUT2D eigenvalue weighted by atomic mass is 10.3. The van der Waals surface area contributed by atoms with Gasteiger partial charge < -0.3 is 4.90 Å². The Labute approximate surface area is 120 Å². The number of aliphatic imine (C=N–C) groups is 1. The van der Waals surface area contributed by atoms with Crippen LogP contribution in [0.5, 0.6) is 0 Å². The number of nitrogens with zero attached hydrogens (tertiary/aromatic N) is 5. The zero-order chi connectivity index (χ0) is 14.8. The molecule has 0 saturated carbocycles. The van der Waals surface area contributed by atoms with Crippen LogP contribution in [0.15, 0.2) is 46.4 Å². The van der Waals surface area contributed by atoms with E-state index in [0.717, 1.165) is 5.69 Å². The monoisotopic (exact) mass is 282 g/mol. The van der Waals surface area contributed by atoms with E-state index in [0.29, 0.717) is 11.2 Å². The molecule has 2 aromatic heterocycles. The fourth-order valence-corrected chi connectivity index (χ4v) is 1.91. The molecule has 2 heterocycles. The second-order valence-corrected chi connectivity index (χ2v) is 4.72. The smallest absolute Gasteiger partial charge is 0.280 e. The molecule has 1 aromatic carbocycles. The summed E-state index contributed by atoms with van der Waals surface area (Å²) in [5.41, 5.74) is 1.36. The number of nitrogens with one attached hydrogen (secondary N) is 1. The van der Waals surface area contributed by atoms with Gasteiger partial charge >= 0.3 is 0 Å². The molecule has 0 saturated heterocycles. The fourth-order valence-electron chi connectivity index (χ4n) is 1.91. The molecule has 0 amide bonds. The van der Waals surface area contributed by atoms with E-state index in [1.807, 2.05) is 44.4 Å². The van der Waals surface area contributed by atoms with E-state index in [2.05, 4.69) is 19.9 Å². The van der Waals surface area contributed by atoms with Crippen LogP contribution in [0.25, 0.3) is 16.9 Å². The summed E-state index contributed by atoms with van der Waals surface area (Å²) in [6, 6.07) is 9.61. The molecular weight excluding hydrogens is 268 g/mol. The van der Waals surface area contributed by atoms with Gasteiger partial charge in [-0.2, -0.15) is 4.98 Å². The summed E-state index contributed by atoms with van der Waals surface area (Å²) in [7, 11) is 3.68. The van der Waals surface area contributed by atoms with Crippen LogP contribution >= 0.6 is 0 Å². The number of benzene rings is 1.